The molecule has 0 radical (unpaired) electrons. The Balaban J connectivity index is 1.72. The molecule has 18 heavy (non-hydrogen) atoms. The van der Waals surface area contributed by atoms with Crippen LogP contribution < -0.4 is 4.74 Å². The Morgan fingerprint density at radius 2 is 2.39 bits per heavy atom. The zero-order valence-electron chi connectivity index (χ0n) is 10.2. The predicted molar refractivity (Wildman–Crippen MR) is 72.9 cm³/mol. The second-order valence-corrected chi connectivity index (χ2v) is 5.20. The molecule has 1 aromatic rings. The van der Waals surface area contributed by atoms with E-state index in [2.05, 4.69) is 20.8 Å². The van der Waals surface area contributed by atoms with E-state index in [0.29, 0.717) is 13.2 Å². The fourth-order valence-corrected chi connectivity index (χ4v) is 2.32. The number of rotatable bonds is 5. The van der Waals surface area contributed by atoms with Gasteiger partial charge in [-0.15, -0.1) is 0 Å². The highest BCUT2D eigenvalue weighted by molar-refractivity contribution is 9.10. The van der Waals surface area contributed by atoms with E-state index in [4.69, 9.17) is 14.6 Å². The molecule has 0 saturated carbocycles. The number of hydrogen-bond donors (Lipinski definition) is 1. The molecule has 4 nitrogen and oxygen atoms in total. The van der Waals surface area contributed by atoms with Crippen LogP contribution in [0.4, 0.5) is 0 Å². The summed E-state index contributed by atoms with van der Waals surface area (Å²) in [4.78, 5) is 2.25. The van der Waals surface area contributed by atoms with Gasteiger partial charge >= 0.3 is 0 Å². The number of nitrogens with zero attached hydrogens (tertiary/aromatic N) is 1. The molecule has 0 aromatic heterocycles. The average Bonchev–Trinajstić information content (AvgIpc) is 2.39. The minimum Gasteiger partial charge on any atom is -0.492 e. The highest BCUT2D eigenvalue weighted by Gasteiger charge is 2.19. The first-order valence-electron chi connectivity index (χ1n) is 6.11. The van der Waals surface area contributed by atoms with E-state index in [0.717, 1.165) is 29.9 Å². The second kappa shape index (κ2) is 7.09. The molecular weight excluding hydrogens is 298 g/mol. The van der Waals surface area contributed by atoms with E-state index in [9.17, 15) is 0 Å². The van der Waals surface area contributed by atoms with Gasteiger partial charge in [0.15, 0.2) is 0 Å². The summed E-state index contributed by atoms with van der Waals surface area (Å²) in [6, 6.07) is 7.83. The maximum absolute atomic E-state index is 9.05. The predicted octanol–water partition coefficient (Wildman–Crippen LogP) is 1.52. The molecule has 1 heterocycles. The molecule has 0 spiro atoms. The first-order chi connectivity index (χ1) is 8.78. The third-order valence-electron chi connectivity index (χ3n) is 2.90. The SMILES string of the molecule is OCC1CN(CCOc2cccc(Br)c2)CCO1. The molecule has 1 unspecified atom stereocenters. The van der Waals surface area contributed by atoms with Crippen molar-refractivity contribution in [1.82, 2.24) is 4.90 Å². The van der Waals surface area contributed by atoms with Gasteiger partial charge in [-0.2, -0.15) is 0 Å². The summed E-state index contributed by atoms with van der Waals surface area (Å²) in [6.45, 7) is 3.95. The third kappa shape index (κ3) is 4.24. The topological polar surface area (TPSA) is 41.9 Å². The molecule has 1 aromatic carbocycles. The summed E-state index contributed by atoms with van der Waals surface area (Å²) in [5, 5.41) is 9.05. The van der Waals surface area contributed by atoms with Crippen LogP contribution in [-0.4, -0.2) is 55.6 Å². The lowest BCUT2D eigenvalue weighted by atomic mass is 10.3. The van der Waals surface area contributed by atoms with Crippen LogP contribution in [0.5, 0.6) is 5.75 Å². The molecule has 1 N–H and O–H groups in total. The fourth-order valence-electron chi connectivity index (χ4n) is 1.94. The summed E-state index contributed by atoms with van der Waals surface area (Å²) in [7, 11) is 0. The molecular formula is C13H18BrNO3. The summed E-state index contributed by atoms with van der Waals surface area (Å²) in [5.74, 6) is 0.872. The maximum Gasteiger partial charge on any atom is 0.120 e. The van der Waals surface area contributed by atoms with Gasteiger partial charge < -0.3 is 14.6 Å². The Kier molecular flexibility index (Phi) is 5.44. The van der Waals surface area contributed by atoms with Crippen molar-refractivity contribution in [2.75, 3.05) is 39.5 Å². The molecule has 0 amide bonds. The van der Waals surface area contributed by atoms with Gasteiger partial charge in [-0.3, -0.25) is 4.90 Å². The van der Waals surface area contributed by atoms with Crippen LogP contribution in [0.2, 0.25) is 0 Å². The molecule has 5 heteroatoms. The number of aliphatic hydroxyl groups is 1. The minimum absolute atomic E-state index is 0.0513. The van der Waals surface area contributed by atoms with Crippen molar-refractivity contribution >= 4 is 15.9 Å². The molecule has 1 saturated heterocycles. The number of ether oxygens (including phenoxy) is 2. The van der Waals surface area contributed by atoms with Gasteiger partial charge in [0.2, 0.25) is 0 Å². The molecule has 0 bridgehead atoms. The van der Waals surface area contributed by atoms with Crippen molar-refractivity contribution in [3.05, 3.63) is 28.7 Å². The normalized spacial score (nSPS) is 20.9. The molecule has 1 fully saturated rings. The van der Waals surface area contributed by atoms with Crippen molar-refractivity contribution in [3.8, 4) is 5.75 Å². The number of aliphatic hydroxyl groups excluding tert-OH is 1. The Morgan fingerprint density at radius 1 is 1.50 bits per heavy atom. The number of halogens is 1. The van der Waals surface area contributed by atoms with Crippen molar-refractivity contribution in [3.63, 3.8) is 0 Å². The Hall–Kier alpha value is -0.620. The lowest BCUT2D eigenvalue weighted by Crippen LogP contribution is -2.45. The van der Waals surface area contributed by atoms with Gasteiger partial charge in [-0.05, 0) is 18.2 Å². The standard InChI is InChI=1S/C13H18BrNO3/c14-11-2-1-3-12(8-11)17-6-4-15-5-7-18-13(9-15)10-16/h1-3,8,13,16H,4-7,9-10H2. The van der Waals surface area contributed by atoms with Crippen LogP contribution in [0.25, 0.3) is 0 Å². The van der Waals surface area contributed by atoms with E-state index >= 15 is 0 Å². The van der Waals surface area contributed by atoms with E-state index in [-0.39, 0.29) is 12.7 Å². The lowest BCUT2D eigenvalue weighted by Gasteiger charge is -2.31. The molecule has 0 aliphatic carbocycles. The Bertz CT molecular complexity index is 375. The summed E-state index contributed by atoms with van der Waals surface area (Å²) >= 11 is 3.41. The third-order valence-corrected chi connectivity index (χ3v) is 3.39. The summed E-state index contributed by atoms with van der Waals surface area (Å²) < 4.78 is 12.1. The molecule has 2 rings (SSSR count). The summed E-state index contributed by atoms with van der Waals surface area (Å²) in [6.07, 6.45) is -0.0513. The van der Waals surface area contributed by atoms with Crippen molar-refractivity contribution in [1.29, 1.82) is 0 Å². The van der Waals surface area contributed by atoms with Gasteiger partial charge in [0.1, 0.15) is 12.4 Å². The fraction of sp³-hybridized carbons (Fsp3) is 0.538. The quantitative estimate of drug-likeness (QED) is 0.894. The zero-order chi connectivity index (χ0) is 12.8. The highest BCUT2D eigenvalue weighted by atomic mass is 79.9. The molecule has 1 aliphatic rings. The smallest absolute Gasteiger partial charge is 0.120 e. The van der Waals surface area contributed by atoms with Gasteiger partial charge in [0.05, 0.1) is 19.3 Å². The maximum atomic E-state index is 9.05. The molecule has 1 atom stereocenters. The van der Waals surface area contributed by atoms with Gasteiger partial charge in [0, 0.05) is 24.1 Å². The Labute approximate surface area is 116 Å². The van der Waals surface area contributed by atoms with E-state index in [1.807, 2.05) is 24.3 Å². The van der Waals surface area contributed by atoms with Crippen LogP contribution >= 0.6 is 15.9 Å². The van der Waals surface area contributed by atoms with Crippen molar-refractivity contribution < 1.29 is 14.6 Å². The second-order valence-electron chi connectivity index (χ2n) is 4.28. The Morgan fingerprint density at radius 3 is 3.17 bits per heavy atom. The van der Waals surface area contributed by atoms with E-state index in [1.165, 1.54) is 0 Å². The van der Waals surface area contributed by atoms with Gasteiger partial charge in [-0.25, -0.2) is 0 Å². The summed E-state index contributed by atoms with van der Waals surface area (Å²) in [5.41, 5.74) is 0. The largest absolute Gasteiger partial charge is 0.492 e. The van der Waals surface area contributed by atoms with Crippen LogP contribution in [0.15, 0.2) is 28.7 Å². The monoisotopic (exact) mass is 315 g/mol. The van der Waals surface area contributed by atoms with Crippen molar-refractivity contribution in [2.24, 2.45) is 0 Å². The number of hydrogen-bond acceptors (Lipinski definition) is 4. The van der Waals surface area contributed by atoms with Crippen LogP contribution in [-0.2, 0) is 4.74 Å². The van der Waals surface area contributed by atoms with Crippen LogP contribution in [0.1, 0.15) is 0 Å². The average molecular weight is 316 g/mol. The number of benzene rings is 1. The van der Waals surface area contributed by atoms with Crippen LogP contribution in [0.3, 0.4) is 0 Å². The minimum atomic E-state index is -0.0513. The van der Waals surface area contributed by atoms with E-state index in [1.54, 1.807) is 0 Å². The lowest BCUT2D eigenvalue weighted by molar-refractivity contribution is -0.0547. The van der Waals surface area contributed by atoms with Crippen LogP contribution in [0, 0.1) is 0 Å². The highest BCUT2D eigenvalue weighted by Crippen LogP contribution is 2.17. The zero-order valence-corrected chi connectivity index (χ0v) is 11.8. The van der Waals surface area contributed by atoms with Gasteiger partial charge in [0.25, 0.3) is 0 Å². The van der Waals surface area contributed by atoms with Gasteiger partial charge in [-0.1, -0.05) is 22.0 Å². The first-order valence-corrected chi connectivity index (χ1v) is 6.90. The number of morpholine rings is 1. The van der Waals surface area contributed by atoms with Crippen molar-refractivity contribution in [2.45, 2.75) is 6.10 Å². The first kappa shape index (κ1) is 13.8. The molecule has 100 valence electrons. The molecule has 1 aliphatic heterocycles. The van der Waals surface area contributed by atoms with E-state index < -0.39 is 0 Å².